The lowest BCUT2D eigenvalue weighted by Gasteiger charge is -2.21. The molecular formula is C22H19ClN4O4S. The number of nitrogens with zero attached hydrogens (tertiary/aromatic N) is 1. The third kappa shape index (κ3) is 5.93. The van der Waals surface area contributed by atoms with Crippen molar-refractivity contribution in [2.75, 3.05) is 17.7 Å². The summed E-state index contributed by atoms with van der Waals surface area (Å²) in [5.74, 6) is -0.0301. The van der Waals surface area contributed by atoms with Crippen LogP contribution in [0.5, 0.6) is 5.75 Å². The summed E-state index contributed by atoms with van der Waals surface area (Å²) < 4.78 is 5.04. The topological polar surface area (TPSA) is 106 Å². The molecule has 0 spiro atoms. The highest BCUT2D eigenvalue weighted by atomic mass is 35.5. The molecule has 164 valence electrons. The Morgan fingerprint density at radius 2 is 1.75 bits per heavy atom. The van der Waals surface area contributed by atoms with Gasteiger partial charge in [-0.2, -0.15) is 0 Å². The molecule has 0 fully saturated rings. The van der Waals surface area contributed by atoms with E-state index in [9.17, 15) is 14.9 Å². The number of thiocarbonyl (C=S) groups is 1. The van der Waals surface area contributed by atoms with Crippen molar-refractivity contribution in [2.45, 2.75) is 6.04 Å². The highest BCUT2D eigenvalue weighted by Crippen LogP contribution is 2.29. The van der Waals surface area contributed by atoms with E-state index in [0.717, 1.165) is 0 Å². The average Bonchev–Trinajstić information content (AvgIpc) is 2.79. The number of nitro groups is 1. The number of nitro benzene ring substituents is 1. The van der Waals surface area contributed by atoms with Crippen LogP contribution in [0.3, 0.4) is 0 Å². The second-order valence-electron chi connectivity index (χ2n) is 6.58. The average molecular weight is 471 g/mol. The van der Waals surface area contributed by atoms with E-state index in [0.29, 0.717) is 22.0 Å². The van der Waals surface area contributed by atoms with Crippen molar-refractivity contribution in [2.24, 2.45) is 0 Å². The smallest absolute Gasteiger partial charge is 0.296 e. The van der Waals surface area contributed by atoms with Crippen LogP contribution in [-0.2, 0) is 4.79 Å². The molecule has 0 aliphatic heterocycles. The van der Waals surface area contributed by atoms with Crippen molar-refractivity contribution in [1.29, 1.82) is 0 Å². The van der Waals surface area contributed by atoms with Gasteiger partial charge in [0.2, 0.25) is 0 Å². The van der Waals surface area contributed by atoms with Gasteiger partial charge in [-0.1, -0.05) is 41.9 Å². The second-order valence-corrected chi connectivity index (χ2v) is 7.42. The molecule has 3 N–H and O–H groups in total. The first-order chi connectivity index (χ1) is 15.4. The highest BCUT2D eigenvalue weighted by molar-refractivity contribution is 7.80. The van der Waals surface area contributed by atoms with Gasteiger partial charge in [-0.05, 0) is 54.2 Å². The van der Waals surface area contributed by atoms with E-state index in [-0.39, 0.29) is 22.4 Å². The number of carbonyl (C=O) groups is 1. The van der Waals surface area contributed by atoms with Crippen molar-refractivity contribution < 1.29 is 14.5 Å². The molecule has 1 amide bonds. The lowest BCUT2D eigenvalue weighted by atomic mass is 10.1. The summed E-state index contributed by atoms with van der Waals surface area (Å²) in [4.78, 5) is 23.9. The first-order valence-corrected chi connectivity index (χ1v) is 10.2. The van der Waals surface area contributed by atoms with Gasteiger partial charge >= 0.3 is 0 Å². The summed E-state index contributed by atoms with van der Waals surface area (Å²) in [6.07, 6.45) is 0. The maximum absolute atomic E-state index is 13.0. The van der Waals surface area contributed by atoms with Crippen LogP contribution in [0.1, 0.15) is 11.6 Å². The van der Waals surface area contributed by atoms with E-state index in [1.54, 1.807) is 54.6 Å². The fourth-order valence-corrected chi connectivity index (χ4v) is 3.23. The van der Waals surface area contributed by atoms with Crippen LogP contribution in [0.15, 0.2) is 72.8 Å². The molecule has 0 heterocycles. The maximum Gasteiger partial charge on any atom is 0.296 e. The number of benzene rings is 3. The predicted octanol–water partition coefficient (Wildman–Crippen LogP) is 4.92. The van der Waals surface area contributed by atoms with E-state index >= 15 is 0 Å². The Morgan fingerprint density at radius 1 is 1.06 bits per heavy atom. The van der Waals surface area contributed by atoms with Gasteiger partial charge < -0.3 is 20.7 Å². The fourth-order valence-electron chi connectivity index (χ4n) is 2.88. The minimum absolute atomic E-state index is 0.0402. The minimum atomic E-state index is -0.857. The van der Waals surface area contributed by atoms with Crippen molar-refractivity contribution in [3.8, 4) is 5.75 Å². The van der Waals surface area contributed by atoms with Gasteiger partial charge in [0.1, 0.15) is 17.5 Å². The van der Waals surface area contributed by atoms with Gasteiger partial charge in [0.25, 0.3) is 11.6 Å². The molecule has 0 saturated heterocycles. The van der Waals surface area contributed by atoms with E-state index in [1.807, 2.05) is 6.07 Å². The molecule has 0 bridgehead atoms. The summed E-state index contributed by atoms with van der Waals surface area (Å²) in [7, 11) is 1.42. The first-order valence-electron chi connectivity index (χ1n) is 9.38. The molecule has 0 aliphatic rings. The van der Waals surface area contributed by atoms with Crippen LogP contribution in [0.25, 0.3) is 0 Å². The van der Waals surface area contributed by atoms with Gasteiger partial charge in [0, 0.05) is 10.7 Å². The number of carbonyl (C=O) groups excluding carboxylic acids is 1. The van der Waals surface area contributed by atoms with E-state index in [4.69, 9.17) is 28.6 Å². The molecule has 8 nitrogen and oxygen atoms in total. The van der Waals surface area contributed by atoms with Crippen LogP contribution in [0, 0.1) is 10.1 Å². The van der Waals surface area contributed by atoms with Gasteiger partial charge in [0.15, 0.2) is 5.11 Å². The van der Waals surface area contributed by atoms with Crippen molar-refractivity contribution in [1.82, 2.24) is 5.32 Å². The summed E-state index contributed by atoms with van der Waals surface area (Å²) in [6.45, 7) is 0. The molecule has 0 aromatic heterocycles. The molecular weight excluding hydrogens is 452 g/mol. The van der Waals surface area contributed by atoms with Crippen molar-refractivity contribution >= 4 is 51.9 Å². The molecule has 3 aromatic carbocycles. The monoisotopic (exact) mass is 470 g/mol. The highest BCUT2D eigenvalue weighted by Gasteiger charge is 2.23. The zero-order chi connectivity index (χ0) is 23.1. The number of hydrogen-bond acceptors (Lipinski definition) is 5. The zero-order valence-electron chi connectivity index (χ0n) is 16.9. The van der Waals surface area contributed by atoms with Gasteiger partial charge in [0.05, 0.1) is 18.1 Å². The predicted molar refractivity (Wildman–Crippen MR) is 128 cm³/mol. The van der Waals surface area contributed by atoms with Gasteiger partial charge in [-0.3, -0.25) is 14.9 Å². The first kappa shape index (κ1) is 23.0. The Balaban J connectivity index is 1.81. The Bertz CT molecular complexity index is 1130. The minimum Gasteiger partial charge on any atom is -0.496 e. The zero-order valence-corrected chi connectivity index (χ0v) is 18.4. The Morgan fingerprint density at radius 3 is 2.38 bits per heavy atom. The summed E-state index contributed by atoms with van der Waals surface area (Å²) >= 11 is 11.2. The SMILES string of the molecule is COc1ccc(NC(=S)NC(C(=O)Nc2ccc(Cl)cc2)c2ccccc2)c([N+](=O)[O-])c1. The van der Waals surface area contributed by atoms with Crippen LogP contribution in [-0.4, -0.2) is 23.1 Å². The molecule has 0 aliphatic carbocycles. The number of methoxy groups -OCH3 is 1. The number of anilines is 2. The van der Waals surface area contributed by atoms with Crippen LogP contribution >= 0.6 is 23.8 Å². The molecule has 1 atom stereocenters. The van der Waals surface area contributed by atoms with E-state index < -0.39 is 11.0 Å². The van der Waals surface area contributed by atoms with E-state index in [1.165, 1.54) is 19.2 Å². The third-order valence-electron chi connectivity index (χ3n) is 4.43. The standard InChI is InChI=1S/C22H19ClN4O4S/c1-31-17-11-12-18(19(13-17)27(29)30)25-22(32)26-20(14-5-3-2-4-6-14)21(28)24-16-9-7-15(23)8-10-16/h2-13,20H,1H3,(H,24,28)(H2,25,26,32). The molecule has 0 saturated carbocycles. The largest absolute Gasteiger partial charge is 0.496 e. The summed E-state index contributed by atoms with van der Waals surface area (Å²) in [6, 6.07) is 19.1. The Kier molecular flexibility index (Phi) is 7.58. The molecule has 3 rings (SSSR count). The lowest BCUT2D eigenvalue weighted by Crippen LogP contribution is -2.39. The quantitative estimate of drug-likeness (QED) is 0.255. The summed E-state index contributed by atoms with van der Waals surface area (Å²) in [5.41, 5.74) is 1.17. The maximum atomic E-state index is 13.0. The van der Waals surface area contributed by atoms with Crippen LogP contribution < -0.4 is 20.7 Å². The number of ether oxygens (including phenoxy) is 1. The molecule has 1 unspecified atom stereocenters. The van der Waals surface area contributed by atoms with Crippen molar-refractivity contribution in [3.05, 3.63) is 93.5 Å². The van der Waals surface area contributed by atoms with E-state index in [2.05, 4.69) is 16.0 Å². The number of halogens is 1. The van der Waals surface area contributed by atoms with Crippen molar-refractivity contribution in [3.63, 3.8) is 0 Å². The van der Waals surface area contributed by atoms with Gasteiger partial charge in [-0.15, -0.1) is 0 Å². The molecule has 10 heteroatoms. The lowest BCUT2D eigenvalue weighted by molar-refractivity contribution is -0.384. The third-order valence-corrected chi connectivity index (χ3v) is 4.90. The number of rotatable bonds is 7. The molecule has 32 heavy (non-hydrogen) atoms. The number of amides is 1. The fraction of sp³-hybridized carbons (Fsp3) is 0.0909. The molecule has 3 aromatic rings. The number of hydrogen-bond donors (Lipinski definition) is 3. The normalized spacial score (nSPS) is 11.2. The summed E-state index contributed by atoms with van der Waals surface area (Å²) in [5, 5.41) is 20.6. The number of nitrogens with one attached hydrogen (secondary N) is 3. The van der Waals surface area contributed by atoms with Gasteiger partial charge in [-0.25, -0.2) is 0 Å². The second kappa shape index (κ2) is 10.6. The molecule has 0 radical (unpaired) electrons. The Labute approximate surface area is 194 Å². The van der Waals surface area contributed by atoms with Crippen LogP contribution in [0.4, 0.5) is 17.1 Å². The van der Waals surface area contributed by atoms with Crippen LogP contribution in [0.2, 0.25) is 5.02 Å². The Hall–Kier alpha value is -3.69.